The number of benzene rings is 1. The number of nitrogens with one attached hydrogen (secondary N) is 2. The molecular weight excluding hydrogens is 430 g/mol. The Kier molecular flexibility index (Phi) is 6.22. The monoisotopic (exact) mass is 455 g/mol. The maximum atomic E-state index is 13.3. The number of carbonyl (C=O) groups is 4. The van der Waals surface area contributed by atoms with Crippen LogP contribution in [0.4, 0.5) is 0 Å². The molecule has 4 rings (SSSR count). The molecule has 0 spiro atoms. The number of hydrogen-bond donors (Lipinski definition) is 2. The standard InChI is InChI=1S/C22H25N5O4S/c1-3-14(12-23-20(29)18-13(2)11-24-32-18)19(28)25-17-15-7-4-5-8-16(15)21(30)26-9-6-10-27(26)22(17)31/h4-5,7-8,11,14,17H,3,6,9-10,12H2,1-2H3,(H,23,29)(H,25,28)/t14?,17-/m0/s1. The van der Waals surface area contributed by atoms with Crippen molar-refractivity contribution in [3.05, 3.63) is 52.0 Å². The van der Waals surface area contributed by atoms with Crippen LogP contribution in [-0.2, 0) is 9.59 Å². The number of hydrogen-bond acceptors (Lipinski definition) is 6. The van der Waals surface area contributed by atoms with Crippen LogP contribution >= 0.6 is 11.5 Å². The molecule has 0 saturated carbocycles. The van der Waals surface area contributed by atoms with Gasteiger partial charge in [-0.25, -0.2) is 14.4 Å². The van der Waals surface area contributed by atoms with Crippen LogP contribution in [-0.4, -0.2) is 57.7 Å². The number of nitrogens with zero attached hydrogens (tertiary/aromatic N) is 3. The smallest absolute Gasteiger partial charge is 0.272 e. The lowest BCUT2D eigenvalue weighted by Gasteiger charge is -2.28. The van der Waals surface area contributed by atoms with E-state index in [2.05, 4.69) is 15.0 Å². The summed E-state index contributed by atoms with van der Waals surface area (Å²) < 4.78 is 4.00. The summed E-state index contributed by atoms with van der Waals surface area (Å²) in [7, 11) is 0. The van der Waals surface area contributed by atoms with E-state index in [1.807, 2.05) is 6.92 Å². The van der Waals surface area contributed by atoms with Crippen molar-refractivity contribution < 1.29 is 19.2 Å². The van der Waals surface area contributed by atoms with Crippen molar-refractivity contribution in [1.29, 1.82) is 0 Å². The number of amides is 4. The first-order valence-corrected chi connectivity index (χ1v) is 11.4. The summed E-state index contributed by atoms with van der Waals surface area (Å²) in [6, 6.07) is 5.92. The van der Waals surface area contributed by atoms with Gasteiger partial charge in [0.15, 0.2) is 0 Å². The minimum Gasteiger partial charge on any atom is -0.350 e. The Bertz CT molecular complexity index is 1070. The number of aromatic nitrogens is 1. The number of hydrazine groups is 1. The van der Waals surface area contributed by atoms with Crippen molar-refractivity contribution in [2.45, 2.75) is 32.7 Å². The topological polar surface area (TPSA) is 112 Å². The highest BCUT2D eigenvalue weighted by Crippen LogP contribution is 2.30. The average molecular weight is 456 g/mol. The number of fused-ring (bicyclic) bond motifs is 2. The fraction of sp³-hybridized carbons (Fsp3) is 0.409. The van der Waals surface area contributed by atoms with Gasteiger partial charge in [0, 0.05) is 31.4 Å². The van der Waals surface area contributed by atoms with Gasteiger partial charge >= 0.3 is 0 Å². The average Bonchev–Trinajstić information content (AvgIpc) is 3.44. The van der Waals surface area contributed by atoms with Crippen LogP contribution in [0, 0.1) is 12.8 Å². The summed E-state index contributed by atoms with van der Waals surface area (Å²) in [6.45, 7) is 4.70. The number of aryl methyl sites for hydroxylation is 1. The van der Waals surface area contributed by atoms with E-state index in [-0.39, 0.29) is 30.2 Å². The first-order valence-electron chi connectivity index (χ1n) is 10.6. The minimum atomic E-state index is -0.959. The molecule has 2 aromatic rings. The van der Waals surface area contributed by atoms with Crippen molar-refractivity contribution >= 4 is 35.2 Å². The van der Waals surface area contributed by atoms with Gasteiger partial charge in [-0.15, -0.1) is 0 Å². The van der Waals surface area contributed by atoms with Crippen molar-refractivity contribution in [3.63, 3.8) is 0 Å². The normalized spacial score (nSPS) is 18.6. The second-order valence-electron chi connectivity index (χ2n) is 7.93. The Morgan fingerprint density at radius 1 is 1.22 bits per heavy atom. The SMILES string of the molecule is CCC(CNC(=O)c1sncc1C)C(=O)N[C@@H]1C(=O)N2CCCN2C(=O)c2ccccc21. The lowest BCUT2D eigenvalue weighted by Crippen LogP contribution is -2.48. The van der Waals surface area contributed by atoms with Gasteiger partial charge in [-0.05, 0) is 48.5 Å². The Hall–Kier alpha value is -3.27. The second-order valence-corrected chi connectivity index (χ2v) is 8.73. The third kappa shape index (κ3) is 3.97. The van der Waals surface area contributed by atoms with E-state index in [9.17, 15) is 19.2 Å². The molecule has 2 aliphatic rings. The van der Waals surface area contributed by atoms with Crippen LogP contribution in [0.1, 0.15) is 57.0 Å². The molecule has 2 aliphatic heterocycles. The quantitative estimate of drug-likeness (QED) is 0.688. The van der Waals surface area contributed by atoms with Gasteiger partial charge < -0.3 is 10.6 Å². The zero-order valence-electron chi connectivity index (χ0n) is 18.0. The molecule has 0 bridgehead atoms. The van der Waals surface area contributed by atoms with E-state index < -0.39 is 12.0 Å². The number of carbonyl (C=O) groups excluding carboxylic acids is 4. The van der Waals surface area contributed by atoms with Gasteiger partial charge in [0.25, 0.3) is 17.7 Å². The molecule has 1 fully saturated rings. The molecule has 32 heavy (non-hydrogen) atoms. The Balaban J connectivity index is 1.52. The lowest BCUT2D eigenvalue weighted by atomic mass is 9.97. The van der Waals surface area contributed by atoms with Crippen LogP contribution < -0.4 is 10.6 Å². The molecule has 1 saturated heterocycles. The second kappa shape index (κ2) is 9.07. The Morgan fingerprint density at radius 3 is 2.69 bits per heavy atom. The Labute approximate surface area is 189 Å². The van der Waals surface area contributed by atoms with Gasteiger partial charge in [-0.3, -0.25) is 19.2 Å². The fourth-order valence-electron chi connectivity index (χ4n) is 4.04. The molecule has 10 heteroatoms. The van der Waals surface area contributed by atoms with E-state index in [0.29, 0.717) is 41.9 Å². The third-order valence-electron chi connectivity index (χ3n) is 5.88. The van der Waals surface area contributed by atoms with E-state index in [1.54, 1.807) is 37.4 Å². The summed E-state index contributed by atoms with van der Waals surface area (Å²) in [6.07, 6.45) is 2.80. The molecule has 1 unspecified atom stereocenters. The van der Waals surface area contributed by atoms with Crippen molar-refractivity contribution in [3.8, 4) is 0 Å². The molecule has 1 aromatic heterocycles. The molecule has 2 N–H and O–H groups in total. The van der Waals surface area contributed by atoms with Crippen LogP contribution in [0.2, 0.25) is 0 Å². The molecule has 1 aromatic carbocycles. The molecule has 168 valence electrons. The van der Waals surface area contributed by atoms with Crippen LogP contribution in [0.3, 0.4) is 0 Å². The zero-order valence-corrected chi connectivity index (χ0v) is 18.8. The summed E-state index contributed by atoms with van der Waals surface area (Å²) in [4.78, 5) is 52.3. The van der Waals surface area contributed by atoms with Crippen molar-refractivity contribution in [2.24, 2.45) is 5.92 Å². The maximum absolute atomic E-state index is 13.3. The lowest BCUT2D eigenvalue weighted by molar-refractivity contribution is -0.144. The summed E-state index contributed by atoms with van der Waals surface area (Å²) in [5.74, 6) is -1.70. The molecule has 4 amide bonds. The van der Waals surface area contributed by atoms with Gasteiger partial charge in [-0.1, -0.05) is 25.1 Å². The van der Waals surface area contributed by atoms with Gasteiger partial charge in [0.1, 0.15) is 10.9 Å². The summed E-state index contributed by atoms with van der Waals surface area (Å²) in [5, 5.41) is 8.54. The van der Waals surface area contributed by atoms with Crippen LogP contribution in [0.15, 0.2) is 30.5 Å². The van der Waals surface area contributed by atoms with E-state index in [4.69, 9.17) is 0 Å². The molecule has 0 radical (unpaired) electrons. The van der Waals surface area contributed by atoms with Crippen molar-refractivity contribution in [2.75, 3.05) is 19.6 Å². The Morgan fingerprint density at radius 2 is 1.97 bits per heavy atom. The first-order chi connectivity index (χ1) is 15.4. The third-order valence-corrected chi connectivity index (χ3v) is 6.78. The highest BCUT2D eigenvalue weighted by Gasteiger charge is 2.42. The van der Waals surface area contributed by atoms with E-state index >= 15 is 0 Å². The summed E-state index contributed by atoms with van der Waals surface area (Å²) >= 11 is 1.11. The van der Waals surface area contributed by atoms with Gasteiger partial charge in [0.05, 0.1) is 5.92 Å². The van der Waals surface area contributed by atoms with Gasteiger partial charge in [-0.2, -0.15) is 0 Å². The fourth-order valence-corrected chi connectivity index (χ4v) is 4.71. The predicted octanol–water partition coefficient (Wildman–Crippen LogP) is 1.67. The largest absolute Gasteiger partial charge is 0.350 e. The molecular formula is C22H25N5O4S. The van der Waals surface area contributed by atoms with Gasteiger partial charge in [0.2, 0.25) is 5.91 Å². The van der Waals surface area contributed by atoms with Crippen LogP contribution in [0.25, 0.3) is 0 Å². The number of rotatable bonds is 6. The zero-order chi connectivity index (χ0) is 22.8. The molecule has 2 atom stereocenters. The van der Waals surface area contributed by atoms with Crippen molar-refractivity contribution in [1.82, 2.24) is 25.0 Å². The molecule has 9 nitrogen and oxygen atoms in total. The van der Waals surface area contributed by atoms with E-state index in [0.717, 1.165) is 17.1 Å². The summed E-state index contributed by atoms with van der Waals surface area (Å²) in [5.41, 5.74) is 1.69. The minimum absolute atomic E-state index is 0.135. The predicted molar refractivity (Wildman–Crippen MR) is 118 cm³/mol. The van der Waals surface area contributed by atoms with Crippen LogP contribution in [0.5, 0.6) is 0 Å². The highest BCUT2D eigenvalue weighted by molar-refractivity contribution is 7.08. The first kappa shape index (κ1) is 21.9. The molecule has 3 heterocycles. The molecule has 0 aliphatic carbocycles. The van der Waals surface area contributed by atoms with E-state index in [1.165, 1.54) is 10.0 Å². The highest BCUT2D eigenvalue weighted by atomic mass is 32.1. The maximum Gasteiger partial charge on any atom is 0.272 e.